The van der Waals surface area contributed by atoms with Gasteiger partial charge in [0.15, 0.2) is 5.76 Å². The molecule has 1 aliphatic rings. The van der Waals surface area contributed by atoms with E-state index in [2.05, 4.69) is 40.1 Å². The molecule has 1 fully saturated rings. The van der Waals surface area contributed by atoms with E-state index in [1.54, 1.807) is 18.2 Å². The zero-order chi connectivity index (χ0) is 22.4. The topological polar surface area (TPSA) is 56.3 Å². The van der Waals surface area contributed by atoms with Crippen molar-refractivity contribution < 1.29 is 8.91 Å². The van der Waals surface area contributed by atoms with Gasteiger partial charge in [-0.15, -0.1) is 0 Å². The SMILES string of the molecule is CCN(CCN1CCC(C#N)(c2ccccc2)CC1)Cc1cc(-c2ccccc2F)no1. The Morgan fingerprint density at radius 3 is 2.53 bits per heavy atom. The highest BCUT2D eigenvalue weighted by molar-refractivity contribution is 5.59. The van der Waals surface area contributed by atoms with Crippen LogP contribution < -0.4 is 0 Å². The number of rotatable bonds is 8. The lowest BCUT2D eigenvalue weighted by atomic mass is 9.74. The van der Waals surface area contributed by atoms with Gasteiger partial charge in [0.05, 0.1) is 18.0 Å². The molecule has 6 heteroatoms. The molecule has 1 aromatic heterocycles. The van der Waals surface area contributed by atoms with Gasteiger partial charge in [-0.3, -0.25) is 4.90 Å². The van der Waals surface area contributed by atoms with E-state index in [0.717, 1.165) is 56.9 Å². The van der Waals surface area contributed by atoms with Crippen LogP contribution in [0.2, 0.25) is 0 Å². The van der Waals surface area contributed by atoms with Crippen LogP contribution >= 0.6 is 0 Å². The van der Waals surface area contributed by atoms with Crippen molar-refractivity contribution in [2.45, 2.75) is 31.7 Å². The Hall–Kier alpha value is -3.01. The number of hydrogen-bond acceptors (Lipinski definition) is 5. The maximum absolute atomic E-state index is 14.0. The lowest BCUT2D eigenvalue weighted by molar-refractivity contribution is 0.151. The van der Waals surface area contributed by atoms with E-state index in [-0.39, 0.29) is 11.2 Å². The van der Waals surface area contributed by atoms with Gasteiger partial charge in [-0.1, -0.05) is 54.5 Å². The fraction of sp³-hybridized carbons (Fsp3) is 0.385. The summed E-state index contributed by atoms with van der Waals surface area (Å²) in [6.45, 7) is 7.32. The monoisotopic (exact) mass is 432 g/mol. The number of likely N-dealkylation sites (tertiary alicyclic amines) is 1. The van der Waals surface area contributed by atoms with Gasteiger partial charge in [0.1, 0.15) is 11.5 Å². The zero-order valence-corrected chi connectivity index (χ0v) is 18.5. The van der Waals surface area contributed by atoms with Gasteiger partial charge < -0.3 is 9.42 Å². The number of nitriles is 1. The van der Waals surface area contributed by atoms with Gasteiger partial charge in [-0.05, 0) is 37.1 Å². The summed E-state index contributed by atoms with van der Waals surface area (Å²) in [5.41, 5.74) is 1.75. The minimum Gasteiger partial charge on any atom is -0.359 e. The lowest BCUT2D eigenvalue weighted by Crippen LogP contribution is -2.44. The van der Waals surface area contributed by atoms with E-state index in [4.69, 9.17) is 4.52 Å². The predicted octanol–water partition coefficient (Wildman–Crippen LogP) is 4.86. The second-order valence-corrected chi connectivity index (χ2v) is 8.43. The molecule has 5 nitrogen and oxygen atoms in total. The molecule has 0 unspecified atom stereocenters. The molecule has 0 saturated carbocycles. The van der Waals surface area contributed by atoms with Crippen molar-refractivity contribution in [1.29, 1.82) is 5.26 Å². The van der Waals surface area contributed by atoms with Crippen LogP contribution in [0.25, 0.3) is 11.3 Å². The maximum atomic E-state index is 14.0. The molecule has 0 spiro atoms. The van der Waals surface area contributed by atoms with E-state index in [0.29, 0.717) is 17.8 Å². The third-order valence-electron chi connectivity index (χ3n) is 6.52. The summed E-state index contributed by atoms with van der Waals surface area (Å²) in [6, 6.07) is 21.2. The molecular formula is C26H29FN4O. The summed E-state index contributed by atoms with van der Waals surface area (Å²) in [6.07, 6.45) is 1.71. The Kier molecular flexibility index (Phi) is 6.99. The Morgan fingerprint density at radius 1 is 1.12 bits per heavy atom. The molecule has 4 rings (SSSR count). The van der Waals surface area contributed by atoms with Gasteiger partial charge in [0.2, 0.25) is 0 Å². The van der Waals surface area contributed by atoms with Crippen molar-refractivity contribution in [3.63, 3.8) is 0 Å². The van der Waals surface area contributed by atoms with Crippen LogP contribution in [0.1, 0.15) is 31.1 Å². The molecular weight excluding hydrogens is 403 g/mol. The smallest absolute Gasteiger partial charge is 0.151 e. The molecule has 0 atom stereocenters. The summed E-state index contributed by atoms with van der Waals surface area (Å²) < 4.78 is 19.5. The number of aromatic nitrogens is 1. The summed E-state index contributed by atoms with van der Waals surface area (Å²) in [5.74, 6) is 0.435. The third kappa shape index (κ3) is 4.90. The number of hydrogen-bond donors (Lipinski definition) is 0. The van der Waals surface area contributed by atoms with Crippen LogP contribution in [0.15, 0.2) is 65.2 Å². The van der Waals surface area contributed by atoms with Crippen molar-refractivity contribution in [3.8, 4) is 17.3 Å². The molecule has 1 saturated heterocycles. The van der Waals surface area contributed by atoms with E-state index >= 15 is 0 Å². The number of benzene rings is 2. The summed E-state index contributed by atoms with van der Waals surface area (Å²) in [4.78, 5) is 4.74. The Balaban J connectivity index is 1.30. The van der Waals surface area contributed by atoms with E-state index in [1.165, 1.54) is 6.07 Å². The van der Waals surface area contributed by atoms with E-state index < -0.39 is 0 Å². The van der Waals surface area contributed by atoms with Gasteiger partial charge >= 0.3 is 0 Å². The largest absolute Gasteiger partial charge is 0.359 e. The molecule has 0 N–H and O–H groups in total. The normalized spacial score (nSPS) is 16.2. The van der Waals surface area contributed by atoms with E-state index in [9.17, 15) is 9.65 Å². The van der Waals surface area contributed by atoms with Gasteiger partial charge in [-0.2, -0.15) is 5.26 Å². The Labute approximate surface area is 189 Å². The van der Waals surface area contributed by atoms with Crippen molar-refractivity contribution in [3.05, 3.63) is 77.8 Å². The fourth-order valence-corrected chi connectivity index (χ4v) is 4.42. The van der Waals surface area contributed by atoms with Crippen LogP contribution in [0, 0.1) is 17.1 Å². The van der Waals surface area contributed by atoms with Crippen molar-refractivity contribution in [2.24, 2.45) is 0 Å². The molecule has 166 valence electrons. The van der Waals surface area contributed by atoms with Crippen LogP contribution in [-0.4, -0.2) is 47.7 Å². The standard InChI is InChI=1S/C26H29FN4O/c1-2-30(19-22-18-25(29-32-22)23-10-6-7-11-24(23)27)16-17-31-14-12-26(20-28,13-15-31)21-8-4-3-5-9-21/h3-11,18H,2,12-17,19H2,1H3. The predicted molar refractivity (Wildman–Crippen MR) is 122 cm³/mol. The quantitative estimate of drug-likeness (QED) is 0.509. The minimum absolute atomic E-state index is 0.297. The first-order chi connectivity index (χ1) is 15.6. The van der Waals surface area contributed by atoms with Crippen LogP contribution in [0.3, 0.4) is 0 Å². The summed E-state index contributed by atoms with van der Waals surface area (Å²) >= 11 is 0. The molecule has 2 heterocycles. The van der Waals surface area contributed by atoms with Crippen LogP contribution in [0.4, 0.5) is 4.39 Å². The maximum Gasteiger partial charge on any atom is 0.151 e. The van der Waals surface area contributed by atoms with Crippen LogP contribution in [-0.2, 0) is 12.0 Å². The number of halogens is 1. The molecule has 0 amide bonds. The molecule has 32 heavy (non-hydrogen) atoms. The van der Waals surface area contributed by atoms with Crippen LogP contribution in [0.5, 0.6) is 0 Å². The highest BCUT2D eigenvalue weighted by Crippen LogP contribution is 2.34. The summed E-state index contributed by atoms with van der Waals surface area (Å²) in [5, 5.41) is 13.9. The Morgan fingerprint density at radius 2 is 1.84 bits per heavy atom. The number of piperidine rings is 1. The average molecular weight is 433 g/mol. The first-order valence-corrected chi connectivity index (χ1v) is 11.3. The highest BCUT2D eigenvalue weighted by atomic mass is 19.1. The molecule has 3 aromatic rings. The second kappa shape index (κ2) is 10.1. The summed E-state index contributed by atoms with van der Waals surface area (Å²) in [7, 11) is 0. The van der Waals surface area contributed by atoms with Crippen molar-refractivity contribution in [2.75, 3.05) is 32.7 Å². The first kappa shape index (κ1) is 22.2. The number of likely N-dealkylation sites (N-methyl/N-ethyl adjacent to an activating group) is 1. The first-order valence-electron chi connectivity index (χ1n) is 11.3. The van der Waals surface area contributed by atoms with Crippen molar-refractivity contribution >= 4 is 0 Å². The zero-order valence-electron chi connectivity index (χ0n) is 18.5. The molecule has 0 aliphatic carbocycles. The molecule has 1 aliphatic heterocycles. The fourth-order valence-electron chi connectivity index (χ4n) is 4.42. The molecule has 0 radical (unpaired) electrons. The van der Waals surface area contributed by atoms with Gasteiger partial charge in [-0.25, -0.2) is 4.39 Å². The Bertz CT molecular complexity index is 1050. The average Bonchev–Trinajstić information content (AvgIpc) is 3.31. The van der Waals surface area contributed by atoms with Crippen molar-refractivity contribution in [1.82, 2.24) is 15.0 Å². The lowest BCUT2D eigenvalue weighted by Gasteiger charge is -2.38. The number of nitrogens with zero attached hydrogens (tertiary/aromatic N) is 4. The second-order valence-electron chi connectivity index (χ2n) is 8.43. The molecule has 0 bridgehead atoms. The van der Waals surface area contributed by atoms with Gasteiger partial charge in [0, 0.05) is 37.8 Å². The van der Waals surface area contributed by atoms with E-state index in [1.807, 2.05) is 24.3 Å². The highest BCUT2D eigenvalue weighted by Gasteiger charge is 2.36. The minimum atomic E-state index is -0.370. The third-order valence-corrected chi connectivity index (χ3v) is 6.52. The molecule has 2 aromatic carbocycles. The van der Waals surface area contributed by atoms with Gasteiger partial charge in [0.25, 0.3) is 0 Å².